The zero-order chi connectivity index (χ0) is 19.2. The lowest BCUT2D eigenvalue weighted by Gasteiger charge is -2.20. The van der Waals surface area contributed by atoms with Crippen LogP contribution in [0.2, 0.25) is 0 Å². The van der Waals surface area contributed by atoms with Gasteiger partial charge >= 0.3 is 0 Å². The summed E-state index contributed by atoms with van der Waals surface area (Å²) in [7, 11) is 0. The number of hydrogen-bond acceptors (Lipinski definition) is 5. The number of fused-ring (bicyclic) bond motifs is 1. The zero-order valence-corrected chi connectivity index (χ0v) is 18.8. The summed E-state index contributed by atoms with van der Waals surface area (Å²) in [6.07, 6.45) is 1.14. The highest BCUT2D eigenvalue weighted by Gasteiger charge is 2.22. The molecule has 140 valence electrons. The molecule has 0 aliphatic heterocycles. The van der Waals surface area contributed by atoms with Crippen LogP contribution >= 0.6 is 34.4 Å². The van der Waals surface area contributed by atoms with Crippen molar-refractivity contribution in [2.45, 2.75) is 52.4 Å². The van der Waals surface area contributed by atoms with Crippen molar-refractivity contribution in [1.29, 1.82) is 0 Å². The molecule has 0 spiro atoms. The lowest BCUT2D eigenvalue weighted by molar-refractivity contribution is 0.517. The van der Waals surface area contributed by atoms with Gasteiger partial charge in [-0.2, -0.15) is 8.75 Å². The van der Waals surface area contributed by atoms with E-state index in [9.17, 15) is 0 Å². The molecule has 0 unspecified atom stereocenters. The maximum absolute atomic E-state index is 4.66. The Kier molecular flexibility index (Phi) is 4.95. The summed E-state index contributed by atoms with van der Waals surface area (Å²) in [6.45, 7) is 11.4. The molecule has 0 saturated carbocycles. The highest BCUT2D eigenvalue weighted by Crippen LogP contribution is 2.42. The van der Waals surface area contributed by atoms with Gasteiger partial charge in [-0.3, -0.25) is 0 Å². The molecule has 4 aromatic rings. The second-order valence-corrected chi connectivity index (χ2v) is 10.6. The van der Waals surface area contributed by atoms with Gasteiger partial charge < -0.3 is 0 Å². The van der Waals surface area contributed by atoms with Crippen molar-refractivity contribution >= 4 is 45.4 Å². The van der Waals surface area contributed by atoms with Gasteiger partial charge in [0.15, 0.2) is 0 Å². The Labute approximate surface area is 173 Å². The number of nitrogens with zero attached hydrogens (tertiary/aromatic N) is 2. The highest BCUT2D eigenvalue weighted by molar-refractivity contribution is 7.16. The molecule has 0 aliphatic carbocycles. The van der Waals surface area contributed by atoms with E-state index in [0.29, 0.717) is 5.92 Å². The SMILES string of the molecule is CCC(C)(C)c1ccc(-c2ccc(-c3ccc(C(C)C)s3)c3nsnc23)s1. The van der Waals surface area contributed by atoms with Crippen LogP contribution in [0.15, 0.2) is 36.4 Å². The van der Waals surface area contributed by atoms with Crippen LogP contribution in [0.1, 0.15) is 56.7 Å². The first-order valence-electron chi connectivity index (χ1n) is 9.36. The van der Waals surface area contributed by atoms with Gasteiger partial charge in [0.25, 0.3) is 0 Å². The fourth-order valence-electron chi connectivity index (χ4n) is 3.09. The van der Waals surface area contributed by atoms with Gasteiger partial charge in [0, 0.05) is 30.6 Å². The second-order valence-electron chi connectivity index (χ2n) is 7.88. The maximum Gasteiger partial charge on any atom is 0.114 e. The molecule has 0 N–H and O–H groups in total. The third kappa shape index (κ3) is 3.37. The quantitative estimate of drug-likeness (QED) is 0.332. The van der Waals surface area contributed by atoms with E-state index in [0.717, 1.165) is 17.5 Å². The minimum atomic E-state index is 0.215. The van der Waals surface area contributed by atoms with Crippen molar-refractivity contribution in [2.75, 3.05) is 0 Å². The first kappa shape index (κ1) is 18.8. The summed E-state index contributed by atoms with van der Waals surface area (Å²) in [5.74, 6) is 0.554. The van der Waals surface area contributed by atoms with Crippen molar-refractivity contribution in [3.05, 3.63) is 46.2 Å². The minimum Gasteiger partial charge on any atom is -0.172 e. The summed E-state index contributed by atoms with van der Waals surface area (Å²) in [4.78, 5) is 5.40. The lowest BCUT2D eigenvalue weighted by atomic mass is 9.89. The number of aromatic nitrogens is 2. The summed E-state index contributed by atoms with van der Waals surface area (Å²) in [6, 6.07) is 13.4. The fraction of sp³-hybridized carbons (Fsp3) is 0.364. The van der Waals surface area contributed by atoms with E-state index in [2.05, 4.69) is 79.8 Å². The zero-order valence-electron chi connectivity index (χ0n) is 16.4. The van der Waals surface area contributed by atoms with Crippen LogP contribution in [-0.2, 0) is 5.41 Å². The Hall–Kier alpha value is -1.56. The van der Waals surface area contributed by atoms with Gasteiger partial charge in [0.2, 0.25) is 0 Å². The Bertz CT molecular complexity index is 1080. The predicted molar refractivity (Wildman–Crippen MR) is 121 cm³/mol. The van der Waals surface area contributed by atoms with Crippen LogP contribution in [0.3, 0.4) is 0 Å². The Morgan fingerprint density at radius 1 is 0.852 bits per heavy atom. The van der Waals surface area contributed by atoms with Crippen molar-refractivity contribution in [3.63, 3.8) is 0 Å². The smallest absolute Gasteiger partial charge is 0.114 e. The van der Waals surface area contributed by atoms with Crippen LogP contribution < -0.4 is 0 Å². The molecule has 0 amide bonds. The Morgan fingerprint density at radius 2 is 1.44 bits per heavy atom. The van der Waals surface area contributed by atoms with E-state index in [1.165, 1.54) is 42.4 Å². The van der Waals surface area contributed by atoms with E-state index in [1.54, 1.807) is 0 Å². The molecule has 27 heavy (non-hydrogen) atoms. The first-order valence-corrected chi connectivity index (χ1v) is 11.7. The highest BCUT2D eigenvalue weighted by atomic mass is 32.1. The third-order valence-electron chi connectivity index (χ3n) is 5.30. The molecule has 5 heteroatoms. The number of rotatable bonds is 5. The predicted octanol–water partition coefficient (Wildman–Crippen LogP) is 7.96. The van der Waals surface area contributed by atoms with E-state index >= 15 is 0 Å². The molecule has 0 aliphatic rings. The third-order valence-corrected chi connectivity index (χ3v) is 8.73. The summed E-state index contributed by atoms with van der Waals surface area (Å²) in [5, 5.41) is 0. The van der Waals surface area contributed by atoms with Crippen LogP contribution in [0.4, 0.5) is 0 Å². The van der Waals surface area contributed by atoms with Crippen LogP contribution in [0, 0.1) is 0 Å². The number of thiophene rings is 2. The molecular formula is C22H24N2S3. The molecule has 3 aromatic heterocycles. The van der Waals surface area contributed by atoms with Gasteiger partial charge in [-0.05, 0) is 42.0 Å². The number of hydrogen-bond donors (Lipinski definition) is 0. The molecule has 0 radical (unpaired) electrons. The van der Waals surface area contributed by atoms with Crippen molar-refractivity contribution in [1.82, 2.24) is 8.75 Å². The van der Waals surface area contributed by atoms with Crippen LogP contribution in [0.25, 0.3) is 31.9 Å². The van der Waals surface area contributed by atoms with E-state index < -0.39 is 0 Å². The fourth-order valence-corrected chi connectivity index (χ4v) is 5.91. The molecule has 0 fully saturated rings. The molecule has 0 atom stereocenters. The van der Waals surface area contributed by atoms with Gasteiger partial charge in [-0.25, -0.2) is 0 Å². The topological polar surface area (TPSA) is 25.8 Å². The standard InChI is InChI=1S/C22H24N2S3/c1-6-22(4,5)19-12-11-18(26-19)15-8-7-14(20-21(15)24-27-23-20)17-10-9-16(25-17)13(2)3/h7-13H,6H2,1-5H3. The van der Waals surface area contributed by atoms with E-state index in [4.69, 9.17) is 0 Å². The van der Waals surface area contributed by atoms with Gasteiger partial charge in [-0.15, -0.1) is 22.7 Å². The van der Waals surface area contributed by atoms with Crippen LogP contribution in [-0.4, -0.2) is 8.75 Å². The Balaban J connectivity index is 1.80. The lowest BCUT2D eigenvalue weighted by Crippen LogP contribution is -2.12. The molecule has 0 saturated heterocycles. The first-order chi connectivity index (χ1) is 12.9. The normalized spacial score (nSPS) is 12.4. The molecule has 2 nitrogen and oxygen atoms in total. The molecule has 3 heterocycles. The van der Waals surface area contributed by atoms with Gasteiger partial charge in [0.1, 0.15) is 11.0 Å². The largest absolute Gasteiger partial charge is 0.172 e. The van der Waals surface area contributed by atoms with Crippen molar-refractivity contribution in [3.8, 4) is 20.9 Å². The summed E-state index contributed by atoms with van der Waals surface area (Å²) in [5.41, 5.74) is 4.67. The average molecular weight is 413 g/mol. The number of benzene rings is 1. The van der Waals surface area contributed by atoms with Gasteiger partial charge in [0.05, 0.1) is 11.7 Å². The average Bonchev–Trinajstić information content (AvgIpc) is 3.40. The monoisotopic (exact) mass is 412 g/mol. The van der Waals surface area contributed by atoms with Crippen LogP contribution in [0.5, 0.6) is 0 Å². The maximum atomic E-state index is 4.66. The summed E-state index contributed by atoms with van der Waals surface area (Å²) < 4.78 is 9.31. The van der Waals surface area contributed by atoms with Gasteiger partial charge in [-0.1, -0.05) is 46.8 Å². The molecule has 1 aromatic carbocycles. The minimum absolute atomic E-state index is 0.215. The van der Waals surface area contributed by atoms with Crippen molar-refractivity contribution in [2.24, 2.45) is 0 Å². The summed E-state index contributed by atoms with van der Waals surface area (Å²) >= 11 is 5.06. The van der Waals surface area contributed by atoms with Crippen molar-refractivity contribution < 1.29 is 0 Å². The molecular weight excluding hydrogens is 388 g/mol. The molecule has 0 bridgehead atoms. The van der Waals surface area contributed by atoms with E-state index in [1.807, 2.05) is 22.7 Å². The second kappa shape index (κ2) is 7.12. The molecule has 4 rings (SSSR count). The Morgan fingerprint density at radius 3 is 2.00 bits per heavy atom. The van der Waals surface area contributed by atoms with E-state index in [-0.39, 0.29) is 5.41 Å².